The molecule has 0 saturated heterocycles. The molecule has 1 aliphatic rings. The van der Waals surface area contributed by atoms with Crippen LogP contribution < -0.4 is 0 Å². The highest BCUT2D eigenvalue weighted by molar-refractivity contribution is 5.93. The zero-order chi connectivity index (χ0) is 7.52. The third kappa shape index (κ3) is 1.15. The molecule has 0 N–H and O–H groups in total. The van der Waals surface area contributed by atoms with Crippen LogP contribution >= 0.6 is 0 Å². The van der Waals surface area contributed by atoms with Crippen molar-refractivity contribution in [1.82, 2.24) is 0 Å². The Morgan fingerprint density at radius 3 is 2.55 bits per heavy atom. The van der Waals surface area contributed by atoms with Crippen LogP contribution in [0.1, 0.15) is 5.56 Å². The second-order valence-electron chi connectivity index (χ2n) is 1.99. The van der Waals surface area contributed by atoms with Crippen LogP contribution in [0.2, 0.25) is 0 Å². The summed E-state index contributed by atoms with van der Waals surface area (Å²) < 4.78 is 0. The first-order chi connectivity index (χ1) is 5.47. The third-order valence-corrected chi connectivity index (χ3v) is 1.28. The molecule has 0 atom stereocenters. The van der Waals surface area contributed by atoms with Gasteiger partial charge in [-0.3, -0.25) is 4.89 Å². The second kappa shape index (κ2) is 2.59. The lowest BCUT2D eigenvalue weighted by atomic mass is 10.2. The highest BCUT2D eigenvalue weighted by Gasteiger charge is 2.12. The minimum absolute atomic E-state index is 0.339. The Morgan fingerprint density at radius 1 is 1.09 bits per heavy atom. The second-order valence-corrected chi connectivity index (χ2v) is 1.99. The van der Waals surface area contributed by atoms with E-state index in [0.29, 0.717) is 5.90 Å². The van der Waals surface area contributed by atoms with Crippen LogP contribution in [0.5, 0.6) is 0 Å². The zero-order valence-electron chi connectivity index (χ0n) is 5.56. The molecule has 4 heteroatoms. The topological polar surface area (TPSA) is 40.0 Å². The number of nitrogens with zero attached hydrogens (tertiary/aromatic N) is 1. The van der Waals surface area contributed by atoms with E-state index in [0.717, 1.165) is 5.56 Å². The minimum atomic E-state index is 0.339. The highest BCUT2D eigenvalue weighted by atomic mass is 17.6. The molecule has 0 aromatic heterocycles. The molecule has 2 rings (SSSR count). The lowest BCUT2D eigenvalue weighted by molar-refractivity contribution is -0.451. The Hall–Kier alpha value is -1.55. The van der Waals surface area contributed by atoms with Crippen molar-refractivity contribution in [3.05, 3.63) is 35.9 Å². The van der Waals surface area contributed by atoms with Gasteiger partial charge < -0.3 is 0 Å². The quantitative estimate of drug-likeness (QED) is 0.567. The van der Waals surface area contributed by atoms with Gasteiger partial charge in [-0.25, -0.2) is 0 Å². The molecule has 11 heavy (non-hydrogen) atoms. The summed E-state index contributed by atoms with van der Waals surface area (Å²) in [6.07, 6.45) is 0. The van der Waals surface area contributed by atoms with Crippen molar-refractivity contribution < 1.29 is 14.9 Å². The van der Waals surface area contributed by atoms with Crippen LogP contribution in [0.15, 0.2) is 35.5 Å². The monoisotopic (exact) mass is 151 g/mol. The number of rotatable bonds is 1. The van der Waals surface area contributed by atoms with E-state index in [9.17, 15) is 0 Å². The molecule has 1 heterocycles. The molecule has 0 radical (unpaired) electrons. The van der Waals surface area contributed by atoms with E-state index in [1.807, 2.05) is 30.3 Å². The van der Waals surface area contributed by atoms with Crippen molar-refractivity contribution >= 4 is 5.90 Å². The summed E-state index contributed by atoms with van der Waals surface area (Å²) in [7, 11) is 0. The van der Waals surface area contributed by atoms with Crippen LogP contribution in [0.25, 0.3) is 0 Å². The summed E-state index contributed by atoms with van der Waals surface area (Å²) in [5.74, 6) is 0.339. The van der Waals surface area contributed by atoms with E-state index in [4.69, 9.17) is 0 Å². The van der Waals surface area contributed by atoms with Gasteiger partial charge in [-0.15, -0.1) is 0 Å². The largest absolute Gasteiger partial charge is 0.306 e. The maximum absolute atomic E-state index is 4.57. The van der Waals surface area contributed by atoms with Crippen molar-refractivity contribution in [3.8, 4) is 0 Å². The summed E-state index contributed by atoms with van der Waals surface area (Å²) in [4.78, 5) is 8.74. The molecule has 0 unspecified atom stereocenters. The normalized spacial score (nSPS) is 15.1. The van der Waals surface area contributed by atoms with Crippen molar-refractivity contribution in [3.63, 3.8) is 0 Å². The smallest absolute Gasteiger partial charge is 0.273 e. The van der Waals surface area contributed by atoms with Gasteiger partial charge >= 0.3 is 5.90 Å². The van der Waals surface area contributed by atoms with E-state index in [-0.39, 0.29) is 0 Å². The fourth-order valence-corrected chi connectivity index (χ4v) is 0.793. The third-order valence-electron chi connectivity index (χ3n) is 1.28. The Morgan fingerprint density at radius 2 is 1.91 bits per heavy atom. The van der Waals surface area contributed by atoms with Gasteiger partial charge in [0.15, 0.2) is 0 Å². The highest BCUT2D eigenvalue weighted by Crippen LogP contribution is 2.07. The molecule has 0 spiro atoms. The molecule has 4 nitrogen and oxygen atoms in total. The van der Waals surface area contributed by atoms with Crippen molar-refractivity contribution in [1.29, 1.82) is 0 Å². The SMILES string of the molecule is c1ccc(C2=NOOO2)cc1. The van der Waals surface area contributed by atoms with Gasteiger partial charge in [0, 0.05) is 10.7 Å². The predicted octanol–water partition coefficient (Wildman–Crippen LogP) is 1.24. The molecule has 0 amide bonds. The molecular weight excluding hydrogens is 146 g/mol. The summed E-state index contributed by atoms with van der Waals surface area (Å²) in [6.45, 7) is 0. The molecule has 1 aromatic carbocycles. The Bertz CT molecular complexity index is 270. The van der Waals surface area contributed by atoms with Crippen LogP contribution in [-0.2, 0) is 14.9 Å². The number of benzene rings is 1. The van der Waals surface area contributed by atoms with Crippen LogP contribution in [0.3, 0.4) is 0 Å². The predicted molar refractivity (Wildman–Crippen MR) is 36.2 cm³/mol. The van der Waals surface area contributed by atoms with E-state index in [2.05, 4.69) is 20.1 Å². The molecule has 0 aliphatic carbocycles. The summed E-state index contributed by atoms with van der Waals surface area (Å²) in [5, 5.41) is 7.59. The van der Waals surface area contributed by atoms with E-state index in [1.165, 1.54) is 0 Å². The van der Waals surface area contributed by atoms with Gasteiger partial charge in [0.25, 0.3) is 0 Å². The average molecular weight is 151 g/mol. The van der Waals surface area contributed by atoms with Gasteiger partial charge in [0.2, 0.25) is 0 Å². The van der Waals surface area contributed by atoms with Gasteiger partial charge in [-0.2, -0.15) is 4.99 Å². The van der Waals surface area contributed by atoms with Crippen LogP contribution in [0.4, 0.5) is 0 Å². The van der Waals surface area contributed by atoms with Gasteiger partial charge in [0.1, 0.15) is 0 Å². The van der Waals surface area contributed by atoms with Crippen molar-refractivity contribution in [2.24, 2.45) is 5.16 Å². The molecule has 1 aliphatic heterocycles. The Balaban J connectivity index is 2.29. The summed E-state index contributed by atoms with van der Waals surface area (Å²) >= 11 is 0. The van der Waals surface area contributed by atoms with Gasteiger partial charge in [-0.1, -0.05) is 18.2 Å². The summed E-state index contributed by atoms with van der Waals surface area (Å²) in [5.41, 5.74) is 0.824. The maximum Gasteiger partial charge on any atom is 0.306 e. The van der Waals surface area contributed by atoms with Gasteiger partial charge in [0.05, 0.1) is 5.04 Å². The number of oxime groups is 1. The summed E-state index contributed by atoms with van der Waals surface area (Å²) in [6, 6.07) is 9.34. The number of hydrogen-bond acceptors (Lipinski definition) is 4. The molecule has 0 saturated carbocycles. The molecule has 0 bridgehead atoms. The minimum Gasteiger partial charge on any atom is -0.273 e. The average Bonchev–Trinajstić information content (AvgIpc) is 2.58. The lowest BCUT2D eigenvalue weighted by Crippen LogP contribution is -1.98. The molecule has 0 fully saturated rings. The van der Waals surface area contributed by atoms with Crippen LogP contribution in [0, 0.1) is 0 Å². The van der Waals surface area contributed by atoms with Gasteiger partial charge in [-0.05, 0) is 12.1 Å². The number of hydrogen-bond donors (Lipinski definition) is 0. The first-order valence-corrected chi connectivity index (χ1v) is 3.10. The lowest BCUT2D eigenvalue weighted by Gasteiger charge is -1.92. The van der Waals surface area contributed by atoms with E-state index >= 15 is 0 Å². The molecule has 1 aromatic rings. The fraction of sp³-hybridized carbons (Fsp3) is 0. The first-order valence-electron chi connectivity index (χ1n) is 3.10. The molecule has 56 valence electrons. The maximum atomic E-state index is 4.57. The van der Waals surface area contributed by atoms with Crippen molar-refractivity contribution in [2.75, 3.05) is 0 Å². The Kier molecular flexibility index (Phi) is 1.46. The van der Waals surface area contributed by atoms with E-state index < -0.39 is 0 Å². The fourth-order valence-electron chi connectivity index (χ4n) is 0.793. The van der Waals surface area contributed by atoms with Crippen LogP contribution in [-0.4, -0.2) is 5.90 Å². The first kappa shape index (κ1) is 6.18. The van der Waals surface area contributed by atoms with Crippen molar-refractivity contribution in [2.45, 2.75) is 0 Å². The zero-order valence-corrected chi connectivity index (χ0v) is 5.56. The van der Waals surface area contributed by atoms with E-state index in [1.54, 1.807) is 0 Å². The Labute approximate surface area is 62.8 Å². The molecular formula is C7H5NO3. The standard InChI is InChI=1S/C7H5NO3/c1-2-4-6(5-3-1)7-8-10-11-9-7/h1-5H.